The number of carbonyl (C=O) groups excluding carboxylic acids is 1. The van der Waals surface area contributed by atoms with Crippen LogP contribution in [-0.4, -0.2) is 53.9 Å². The number of ether oxygens (including phenoxy) is 3. The minimum absolute atomic E-state index is 0.103. The van der Waals surface area contributed by atoms with Crippen LogP contribution in [0.25, 0.3) is 5.82 Å². The lowest BCUT2D eigenvalue weighted by Gasteiger charge is -2.23. The predicted molar refractivity (Wildman–Crippen MR) is 161 cm³/mol. The first-order valence-electron chi connectivity index (χ1n) is 14.5. The van der Waals surface area contributed by atoms with Crippen LogP contribution in [0.1, 0.15) is 61.1 Å². The van der Waals surface area contributed by atoms with Crippen molar-refractivity contribution < 1.29 is 36.6 Å². The van der Waals surface area contributed by atoms with Gasteiger partial charge in [0.15, 0.2) is 40.1 Å². The average molecular weight is 702 g/mol. The normalized spacial score (nSPS) is 15.9. The van der Waals surface area contributed by atoms with E-state index < -0.39 is 53.2 Å². The van der Waals surface area contributed by atoms with E-state index in [9.17, 15) is 22.8 Å². The standard InChI is InChI=1S/C29H29Cl2F4N7O5/c1-3-40-20(15-45-14-17-9-5-4-6-10-17)38-42(28(40)44)25-19(32)13-18(27(37-25)47-16(2)29(33,34)35)26(43)36-22-23(30)39-41(24(22)31)21-11-7-8-12-46-21/h4-6,9-10,13,16,21H,3,7-8,11-12,14-15H2,1-2H3,(H,36,43)/t16-,21?/m0/s1. The molecule has 18 heteroatoms. The minimum Gasteiger partial charge on any atom is -0.464 e. The van der Waals surface area contributed by atoms with Crippen LogP contribution in [0.2, 0.25) is 10.3 Å². The quantitative estimate of drug-likeness (QED) is 0.186. The van der Waals surface area contributed by atoms with Gasteiger partial charge in [0.1, 0.15) is 17.9 Å². The summed E-state index contributed by atoms with van der Waals surface area (Å²) in [7, 11) is 0. The fraction of sp³-hybridized carbons (Fsp3) is 0.414. The maximum atomic E-state index is 15.6. The molecule has 2 atom stereocenters. The molecule has 1 fully saturated rings. The van der Waals surface area contributed by atoms with Crippen molar-refractivity contribution in [1.29, 1.82) is 0 Å². The van der Waals surface area contributed by atoms with Gasteiger partial charge >= 0.3 is 11.9 Å². The molecule has 252 valence electrons. The van der Waals surface area contributed by atoms with Crippen molar-refractivity contribution in [2.24, 2.45) is 0 Å². The SMILES string of the molecule is CCn1c(COCc2ccccc2)nn(-c2nc(O[C@@H](C)C(F)(F)F)c(C(=O)Nc3c(Cl)nn(C4CCCCO4)c3Cl)cc2F)c1=O. The first-order chi connectivity index (χ1) is 22.4. The summed E-state index contributed by atoms with van der Waals surface area (Å²) in [5.74, 6) is -4.05. The van der Waals surface area contributed by atoms with Gasteiger partial charge in [-0.15, -0.1) is 5.10 Å². The molecule has 0 bridgehead atoms. The smallest absolute Gasteiger partial charge is 0.425 e. The van der Waals surface area contributed by atoms with Crippen molar-refractivity contribution in [3.8, 4) is 11.7 Å². The maximum Gasteiger partial charge on any atom is 0.425 e. The van der Waals surface area contributed by atoms with Gasteiger partial charge in [0, 0.05) is 13.2 Å². The molecule has 0 aliphatic carbocycles. The van der Waals surface area contributed by atoms with Crippen LogP contribution in [0.15, 0.2) is 41.2 Å². The molecule has 1 unspecified atom stereocenters. The summed E-state index contributed by atoms with van der Waals surface area (Å²) in [4.78, 5) is 30.5. The lowest BCUT2D eigenvalue weighted by Crippen LogP contribution is -2.33. The molecule has 0 spiro atoms. The molecule has 5 rings (SSSR count). The number of anilines is 1. The van der Waals surface area contributed by atoms with Gasteiger partial charge in [-0.2, -0.15) is 27.9 Å². The topological polar surface area (TPSA) is 127 Å². The zero-order valence-electron chi connectivity index (χ0n) is 25.1. The summed E-state index contributed by atoms with van der Waals surface area (Å²) in [6.45, 7) is 2.93. The van der Waals surface area contributed by atoms with E-state index in [-0.39, 0.29) is 41.6 Å². The summed E-state index contributed by atoms with van der Waals surface area (Å²) in [5, 5.41) is 10.2. The second-order valence-corrected chi connectivity index (χ2v) is 11.2. The zero-order chi connectivity index (χ0) is 33.9. The first-order valence-corrected chi connectivity index (χ1v) is 15.3. The van der Waals surface area contributed by atoms with Crippen LogP contribution in [0, 0.1) is 5.82 Å². The first kappa shape index (κ1) is 34.3. The number of rotatable bonds is 11. The molecule has 1 amide bonds. The molecule has 1 aromatic carbocycles. The van der Waals surface area contributed by atoms with Gasteiger partial charge < -0.3 is 19.5 Å². The number of aromatic nitrogens is 6. The van der Waals surface area contributed by atoms with Gasteiger partial charge in [0.05, 0.1) is 6.61 Å². The molecule has 0 saturated carbocycles. The summed E-state index contributed by atoms with van der Waals surface area (Å²) < 4.78 is 75.6. The van der Waals surface area contributed by atoms with Gasteiger partial charge in [-0.1, -0.05) is 53.5 Å². The number of amides is 1. The Labute approximate surface area is 275 Å². The highest BCUT2D eigenvalue weighted by Crippen LogP contribution is 2.36. The van der Waals surface area contributed by atoms with E-state index >= 15 is 4.39 Å². The Hall–Kier alpha value is -3.99. The highest BCUT2D eigenvalue weighted by molar-refractivity contribution is 6.39. The van der Waals surface area contributed by atoms with Crippen molar-refractivity contribution in [3.05, 3.63) is 80.0 Å². The van der Waals surface area contributed by atoms with Crippen molar-refractivity contribution in [3.63, 3.8) is 0 Å². The van der Waals surface area contributed by atoms with E-state index in [1.54, 1.807) is 6.92 Å². The third-order valence-corrected chi connectivity index (χ3v) is 7.82. The Balaban J connectivity index is 1.48. The van der Waals surface area contributed by atoms with Crippen LogP contribution >= 0.6 is 23.2 Å². The molecule has 3 aromatic heterocycles. The Morgan fingerprint density at radius 2 is 1.91 bits per heavy atom. The van der Waals surface area contributed by atoms with E-state index in [0.29, 0.717) is 30.7 Å². The summed E-state index contributed by atoms with van der Waals surface area (Å²) in [5.41, 5.74) is -0.924. The number of alkyl halides is 3. The minimum atomic E-state index is -4.89. The van der Waals surface area contributed by atoms with Gasteiger partial charge in [-0.05, 0) is 44.7 Å². The molecule has 1 saturated heterocycles. The largest absolute Gasteiger partial charge is 0.464 e. The van der Waals surface area contributed by atoms with Crippen LogP contribution in [0.4, 0.5) is 23.2 Å². The lowest BCUT2D eigenvalue weighted by molar-refractivity contribution is -0.190. The molecule has 47 heavy (non-hydrogen) atoms. The highest BCUT2D eigenvalue weighted by atomic mass is 35.5. The summed E-state index contributed by atoms with van der Waals surface area (Å²) in [6.07, 6.45) is -5.68. The lowest BCUT2D eigenvalue weighted by atomic mass is 10.2. The van der Waals surface area contributed by atoms with Crippen molar-refractivity contribution in [1.82, 2.24) is 29.1 Å². The number of carbonyl (C=O) groups is 1. The number of benzene rings is 1. The van der Waals surface area contributed by atoms with Gasteiger partial charge in [0.25, 0.3) is 5.91 Å². The molecular weight excluding hydrogens is 673 g/mol. The summed E-state index contributed by atoms with van der Waals surface area (Å²) in [6, 6.07) is 9.76. The molecule has 1 aliphatic rings. The number of hydrogen-bond donors (Lipinski definition) is 1. The van der Waals surface area contributed by atoms with Gasteiger partial charge in [0.2, 0.25) is 5.88 Å². The molecular formula is C29H29Cl2F4N7O5. The Bertz CT molecular complexity index is 1790. The molecule has 12 nitrogen and oxygen atoms in total. The fourth-order valence-corrected chi connectivity index (χ4v) is 5.26. The van der Waals surface area contributed by atoms with Crippen molar-refractivity contribution in [2.75, 3.05) is 11.9 Å². The number of halogens is 6. The van der Waals surface area contributed by atoms with Crippen LogP contribution < -0.4 is 15.7 Å². The van der Waals surface area contributed by atoms with E-state index in [2.05, 4.69) is 20.5 Å². The third kappa shape index (κ3) is 7.61. The number of pyridine rings is 1. The molecule has 4 aromatic rings. The maximum absolute atomic E-state index is 15.6. The molecule has 1 aliphatic heterocycles. The van der Waals surface area contributed by atoms with Crippen LogP contribution in [0.3, 0.4) is 0 Å². The van der Waals surface area contributed by atoms with Crippen molar-refractivity contribution >= 4 is 34.8 Å². The van der Waals surface area contributed by atoms with Gasteiger partial charge in [-0.3, -0.25) is 9.36 Å². The highest BCUT2D eigenvalue weighted by Gasteiger charge is 2.39. The zero-order valence-corrected chi connectivity index (χ0v) is 26.6. The van der Waals surface area contributed by atoms with E-state index in [4.69, 9.17) is 37.4 Å². The van der Waals surface area contributed by atoms with E-state index in [0.717, 1.165) is 18.4 Å². The Kier molecular flexibility index (Phi) is 10.5. The third-order valence-electron chi connectivity index (χ3n) is 7.19. The van der Waals surface area contributed by atoms with Crippen LogP contribution in [-0.2, 0) is 29.2 Å². The summed E-state index contributed by atoms with van der Waals surface area (Å²) >= 11 is 12.7. The predicted octanol–water partition coefficient (Wildman–Crippen LogP) is 6.09. The Morgan fingerprint density at radius 3 is 2.57 bits per heavy atom. The fourth-order valence-electron chi connectivity index (χ4n) is 4.71. The number of nitrogens with one attached hydrogen (secondary N) is 1. The second kappa shape index (κ2) is 14.4. The van der Waals surface area contributed by atoms with Gasteiger partial charge in [-0.25, -0.2) is 13.9 Å². The molecule has 4 heterocycles. The Morgan fingerprint density at radius 1 is 1.17 bits per heavy atom. The van der Waals surface area contributed by atoms with E-state index in [1.807, 2.05) is 30.3 Å². The molecule has 0 radical (unpaired) electrons. The number of hydrogen-bond acceptors (Lipinski definition) is 8. The number of nitrogens with zero attached hydrogens (tertiary/aromatic N) is 6. The molecule has 1 N–H and O–H groups in total. The average Bonchev–Trinajstić information content (AvgIpc) is 3.51. The second-order valence-electron chi connectivity index (χ2n) is 10.5. The van der Waals surface area contributed by atoms with Crippen molar-refractivity contribution in [2.45, 2.75) is 71.4 Å². The van der Waals surface area contributed by atoms with E-state index in [1.165, 1.54) is 9.25 Å². The van der Waals surface area contributed by atoms with Crippen LogP contribution in [0.5, 0.6) is 5.88 Å². The monoisotopic (exact) mass is 701 g/mol.